The van der Waals surface area contributed by atoms with Gasteiger partial charge in [0, 0.05) is 39.5 Å². The normalized spacial score (nSPS) is 43.4. The van der Waals surface area contributed by atoms with Gasteiger partial charge in [-0.2, -0.15) is 0 Å². The number of rotatable bonds is 4. The van der Waals surface area contributed by atoms with Gasteiger partial charge in [0.1, 0.15) is 30.0 Å². The van der Waals surface area contributed by atoms with Crippen LogP contribution in [0.25, 0.3) is 0 Å². The Hall–Kier alpha value is -1.67. The minimum Gasteiger partial charge on any atom is -0.462 e. The largest absolute Gasteiger partial charge is 0.462 e. The van der Waals surface area contributed by atoms with E-state index in [1.54, 1.807) is 0 Å². The van der Waals surface area contributed by atoms with E-state index >= 15 is 0 Å². The minimum atomic E-state index is -0.802. The first-order chi connectivity index (χ1) is 13.4. The summed E-state index contributed by atoms with van der Waals surface area (Å²) in [5.41, 5.74) is -1.31. The molecule has 0 radical (unpaired) electrons. The van der Waals surface area contributed by atoms with Crippen molar-refractivity contribution >= 4 is 17.9 Å². The molecule has 0 amide bonds. The molecule has 0 bridgehead atoms. The summed E-state index contributed by atoms with van der Waals surface area (Å²) in [5, 5.41) is 0. The van der Waals surface area contributed by atoms with E-state index in [1.165, 1.54) is 20.8 Å². The molecule has 29 heavy (non-hydrogen) atoms. The van der Waals surface area contributed by atoms with Crippen LogP contribution in [0.1, 0.15) is 61.3 Å². The maximum Gasteiger partial charge on any atom is 0.303 e. The zero-order valence-corrected chi connectivity index (χ0v) is 18.2. The van der Waals surface area contributed by atoms with Crippen LogP contribution in [0, 0.1) is 11.8 Å². The molecule has 1 aliphatic carbocycles. The number of hydrogen-bond donors (Lipinski definition) is 0. The lowest BCUT2D eigenvalue weighted by atomic mass is 9.75. The quantitative estimate of drug-likeness (QED) is 0.393. The summed E-state index contributed by atoms with van der Waals surface area (Å²) in [5.74, 6) is -1.49. The van der Waals surface area contributed by atoms with E-state index in [2.05, 4.69) is 0 Å². The van der Waals surface area contributed by atoms with Crippen LogP contribution in [0.5, 0.6) is 0 Å². The van der Waals surface area contributed by atoms with E-state index in [9.17, 15) is 14.4 Å². The molecule has 3 fully saturated rings. The monoisotopic (exact) mass is 412 g/mol. The number of epoxide rings is 2. The molecule has 2 heterocycles. The van der Waals surface area contributed by atoms with E-state index in [0.29, 0.717) is 12.8 Å². The Morgan fingerprint density at radius 2 is 1.52 bits per heavy atom. The van der Waals surface area contributed by atoms with Crippen molar-refractivity contribution in [3.05, 3.63) is 0 Å². The minimum absolute atomic E-state index is 0.0320. The molecule has 0 aromatic heterocycles. The fourth-order valence-corrected chi connectivity index (χ4v) is 4.88. The van der Waals surface area contributed by atoms with Crippen LogP contribution in [0.2, 0.25) is 0 Å². The van der Waals surface area contributed by atoms with E-state index < -0.39 is 53.5 Å². The lowest BCUT2D eigenvalue weighted by Crippen LogP contribution is -2.49. The Labute approximate surface area is 171 Å². The van der Waals surface area contributed by atoms with Gasteiger partial charge in [0.25, 0.3) is 0 Å². The molecule has 8 nitrogen and oxygen atoms in total. The molecule has 0 aromatic carbocycles. The maximum atomic E-state index is 11.9. The van der Waals surface area contributed by atoms with Gasteiger partial charge in [-0.3, -0.25) is 14.4 Å². The van der Waals surface area contributed by atoms with Crippen molar-refractivity contribution in [1.29, 1.82) is 0 Å². The highest BCUT2D eigenvalue weighted by atomic mass is 16.7. The standard InChI is InChI=1S/C21H32O8/c1-10(2)17-14(25-11(3)22)9-20(6)15(28-20)8-16(26-12(4)23)21(7)19(29-21)18(17)27-13(5)24/h10,14-19H,8-9H2,1-7H3. The van der Waals surface area contributed by atoms with E-state index in [1.807, 2.05) is 27.7 Å². The summed E-state index contributed by atoms with van der Waals surface area (Å²) in [7, 11) is 0. The molecular weight excluding hydrogens is 380 g/mol. The van der Waals surface area contributed by atoms with Crippen molar-refractivity contribution in [2.24, 2.45) is 11.8 Å². The summed E-state index contributed by atoms with van der Waals surface area (Å²) in [4.78, 5) is 35.5. The molecule has 164 valence electrons. The molecule has 0 aromatic rings. The molecule has 8 heteroatoms. The summed E-state index contributed by atoms with van der Waals surface area (Å²) in [6.45, 7) is 11.9. The number of ether oxygens (including phenoxy) is 5. The second kappa shape index (κ2) is 7.54. The third kappa shape index (κ3) is 4.43. The van der Waals surface area contributed by atoms with Crippen LogP contribution in [0.15, 0.2) is 0 Å². The van der Waals surface area contributed by atoms with E-state index in [-0.39, 0.29) is 17.9 Å². The lowest BCUT2D eigenvalue weighted by molar-refractivity contribution is -0.165. The van der Waals surface area contributed by atoms with E-state index in [4.69, 9.17) is 23.7 Å². The first-order valence-corrected chi connectivity index (χ1v) is 10.2. The number of carbonyl (C=O) groups excluding carboxylic acids is 3. The molecule has 8 atom stereocenters. The topological polar surface area (TPSA) is 104 Å². The first kappa shape index (κ1) is 22.0. The van der Waals surface area contributed by atoms with Gasteiger partial charge in [-0.25, -0.2) is 0 Å². The Bertz CT molecular complexity index is 690. The number of esters is 3. The van der Waals surface area contributed by atoms with Crippen molar-refractivity contribution in [3.8, 4) is 0 Å². The summed E-state index contributed by atoms with van der Waals surface area (Å²) >= 11 is 0. The number of fused-ring (bicyclic) bond motifs is 2. The van der Waals surface area contributed by atoms with Crippen molar-refractivity contribution in [2.45, 2.75) is 103 Å². The summed E-state index contributed by atoms with van der Waals surface area (Å²) in [6.07, 6.45) is -1.32. The average molecular weight is 412 g/mol. The predicted molar refractivity (Wildman–Crippen MR) is 101 cm³/mol. The zero-order chi connectivity index (χ0) is 21.7. The molecule has 2 saturated heterocycles. The van der Waals surface area contributed by atoms with Gasteiger partial charge in [-0.1, -0.05) is 13.8 Å². The van der Waals surface area contributed by atoms with Gasteiger partial charge in [0.05, 0.1) is 11.7 Å². The van der Waals surface area contributed by atoms with E-state index in [0.717, 1.165) is 0 Å². The maximum absolute atomic E-state index is 11.9. The number of carbonyl (C=O) groups is 3. The SMILES string of the molecule is CC(=O)OC1CC2(C)OC2CC(OC(C)=O)C2(C)OC2C(OC(C)=O)C1C(C)C. The molecular formula is C21H32O8. The summed E-state index contributed by atoms with van der Waals surface area (Å²) < 4.78 is 29.0. The second-order valence-electron chi connectivity index (χ2n) is 9.22. The fraction of sp³-hybridized carbons (Fsp3) is 0.857. The van der Waals surface area contributed by atoms with Crippen LogP contribution in [-0.2, 0) is 38.1 Å². The molecule has 0 spiro atoms. The predicted octanol–water partition coefficient (Wildman–Crippen LogP) is 2.16. The smallest absolute Gasteiger partial charge is 0.303 e. The fourth-order valence-electron chi connectivity index (χ4n) is 4.88. The Morgan fingerprint density at radius 1 is 0.931 bits per heavy atom. The van der Waals surface area contributed by atoms with Gasteiger partial charge in [-0.15, -0.1) is 0 Å². The second-order valence-corrected chi connectivity index (χ2v) is 9.22. The third-order valence-electron chi connectivity index (χ3n) is 6.40. The van der Waals surface area contributed by atoms with Crippen molar-refractivity contribution in [3.63, 3.8) is 0 Å². The molecule has 1 saturated carbocycles. The van der Waals surface area contributed by atoms with Crippen LogP contribution in [0.3, 0.4) is 0 Å². The van der Waals surface area contributed by atoms with Gasteiger partial charge < -0.3 is 23.7 Å². The summed E-state index contributed by atoms with van der Waals surface area (Å²) in [6, 6.07) is 0. The molecule has 0 N–H and O–H groups in total. The van der Waals surface area contributed by atoms with Gasteiger partial charge in [-0.05, 0) is 19.8 Å². The highest BCUT2D eigenvalue weighted by molar-refractivity contribution is 5.67. The van der Waals surface area contributed by atoms with Crippen LogP contribution in [0.4, 0.5) is 0 Å². The van der Waals surface area contributed by atoms with Crippen molar-refractivity contribution < 1.29 is 38.1 Å². The van der Waals surface area contributed by atoms with Crippen LogP contribution in [-0.4, -0.2) is 59.6 Å². The Kier molecular flexibility index (Phi) is 5.73. The van der Waals surface area contributed by atoms with Crippen LogP contribution < -0.4 is 0 Å². The Morgan fingerprint density at radius 3 is 2.03 bits per heavy atom. The molecule has 3 aliphatic rings. The lowest BCUT2D eigenvalue weighted by Gasteiger charge is -2.37. The first-order valence-electron chi connectivity index (χ1n) is 10.2. The molecule has 2 aliphatic heterocycles. The third-order valence-corrected chi connectivity index (χ3v) is 6.40. The van der Waals surface area contributed by atoms with Crippen molar-refractivity contribution in [1.82, 2.24) is 0 Å². The Balaban J connectivity index is 2.01. The van der Waals surface area contributed by atoms with Gasteiger partial charge >= 0.3 is 17.9 Å². The van der Waals surface area contributed by atoms with Gasteiger partial charge in [0.2, 0.25) is 0 Å². The molecule has 8 unspecified atom stereocenters. The van der Waals surface area contributed by atoms with Gasteiger partial charge in [0.15, 0.2) is 0 Å². The highest BCUT2D eigenvalue weighted by Crippen LogP contribution is 2.54. The molecule has 3 rings (SSSR count). The average Bonchev–Trinajstić information content (AvgIpc) is 3.40. The highest BCUT2D eigenvalue weighted by Gasteiger charge is 2.69. The zero-order valence-electron chi connectivity index (χ0n) is 18.2. The van der Waals surface area contributed by atoms with Crippen molar-refractivity contribution in [2.75, 3.05) is 0 Å². The number of hydrogen-bond acceptors (Lipinski definition) is 8. The van der Waals surface area contributed by atoms with Crippen LogP contribution >= 0.6 is 0 Å².